The molecule has 5 nitrogen and oxygen atoms in total. The third kappa shape index (κ3) is 3.84. The van der Waals surface area contributed by atoms with Crippen LogP contribution in [0.1, 0.15) is 23.9 Å². The van der Waals surface area contributed by atoms with Crippen LogP contribution in [0.4, 0.5) is 19.1 Å². The molecule has 0 atom stereocenters. The minimum atomic E-state index is -4.56. The van der Waals surface area contributed by atoms with Gasteiger partial charge in [-0.05, 0) is 25.5 Å². The predicted octanol–water partition coefficient (Wildman–Crippen LogP) is 4.30. The van der Waals surface area contributed by atoms with Gasteiger partial charge in [0.25, 0.3) is 0 Å². The van der Waals surface area contributed by atoms with Crippen LogP contribution in [0, 0.1) is 6.92 Å². The first-order chi connectivity index (χ1) is 12.4. The summed E-state index contributed by atoms with van der Waals surface area (Å²) in [4.78, 5) is 7.89. The Kier molecular flexibility index (Phi) is 4.92. The van der Waals surface area contributed by atoms with E-state index in [1.165, 1.54) is 6.20 Å². The van der Waals surface area contributed by atoms with Crippen molar-refractivity contribution in [2.45, 2.75) is 33.1 Å². The average Bonchev–Trinajstić information content (AvgIpc) is 3.00. The molecule has 0 aliphatic carbocycles. The Hall–Kier alpha value is -2.90. The topological polar surface area (TPSA) is 55.6 Å². The standard InChI is InChI=1S/C18H18F3N5/c1-3-26-12(2)14(11-23-26)15-9-16(18(19,20)21)25-17(24-15)22-10-13-7-5-4-6-8-13/h4-9,11H,3,10H2,1-2H3,(H,22,24,25). The number of benzene rings is 1. The van der Waals surface area contributed by atoms with Crippen LogP contribution in [0.15, 0.2) is 42.6 Å². The van der Waals surface area contributed by atoms with E-state index < -0.39 is 11.9 Å². The van der Waals surface area contributed by atoms with E-state index in [0.717, 1.165) is 17.3 Å². The molecule has 0 bridgehead atoms. The van der Waals surface area contributed by atoms with Crippen LogP contribution in [0.3, 0.4) is 0 Å². The molecule has 0 unspecified atom stereocenters. The summed E-state index contributed by atoms with van der Waals surface area (Å²) in [6, 6.07) is 10.3. The predicted molar refractivity (Wildman–Crippen MR) is 92.4 cm³/mol. The summed E-state index contributed by atoms with van der Waals surface area (Å²) in [5.74, 6) is -0.0673. The number of nitrogens with one attached hydrogen (secondary N) is 1. The van der Waals surface area contributed by atoms with Crippen molar-refractivity contribution in [1.82, 2.24) is 19.7 Å². The van der Waals surface area contributed by atoms with E-state index >= 15 is 0 Å². The number of aromatic nitrogens is 4. The number of alkyl halides is 3. The fourth-order valence-corrected chi connectivity index (χ4v) is 2.60. The molecular formula is C18H18F3N5. The highest BCUT2D eigenvalue weighted by molar-refractivity contribution is 5.63. The first kappa shape index (κ1) is 17.9. The molecular weight excluding hydrogens is 343 g/mol. The van der Waals surface area contributed by atoms with Gasteiger partial charge >= 0.3 is 6.18 Å². The molecule has 0 saturated heterocycles. The van der Waals surface area contributed by atoms with Gasteiger partial charge in [0.2, 0.25) is 5.95 Å². The molecule has 0 radical (unpaired) electrons. The van der Waals surface area contributed by atoms with E-state index in [1.54, 1.807) is 11.6 Å². The molecule has 1 N–H and O–H groups in total. The van der Waals surface area contributed by atoms with Crippen LogP contribution in [0.5, 0.6) is 0 Å². The average molecular weight is 361 g/mol. The van der Waals surface area contributed by atoms with Gasteiger partial charge in [-0.3, -0.25) is 4.68 Å². The van der Waals surface area contributed by atoms with Gasteiger partial charge < -0.3 is 5.32 Å². The Labute approximate surface area is 148 Å². The lowest BCUT2D eigenvalue weighted by atomic mass is 10.1. The van der Waals surface area contributed by atoms with Crippen molar-refractivity contribution in [2.75, 3.05) is 5.32 Å². The number of rotatable bonds is 5. The van der Waals surface area contributed by atoms with Crippen molar-refractivity contribution < 1.29 is 13.2 Å². The number of halogens is 3. The van der Waals surface area contributed by atoms with Crippen LogP contribution < -0.4 is 5.32 Å². The van der Waals surface area contributed by atoms with E-state index in [1.807, 2.05) is 37.3 Å². The molecule has 0 fully saturated rings. The smallest absolute Gasteiger partial charge is 0.350 e. The molecule has 0 amide bonds. The van der Waals surface area contributed by atoms with Crippen molar-refractivity contribution in [3.8, 4) is 11.3 Å². The second-order valence-corrected chi connectivity index (χ2v) is 5.76. The molecule has 2 heterocycles. The number of aryl methyl sites for hydroxylation is 1. The van der Waals surface area contributed by atoms with Gasteiger partial charge in [0.15, 0.2) is 5.69 Å². The molecule has 1 aromatic carbocycles. The fourth-order valence-electron chi connectivity index (χ4n) is 2.60. The second-order valence-electron chi connectivity index (χ2n) is 5.76. The van der Waals surface area contributed by atoms with Crippen molar-refractivity contribution >= 4 is 5.95 Å². The second kappa shape index (κ2) is 7.15. The minimum Gasteiger partial charge on any atom is -0.350 e. The molecule has 0 saturated carbocycles. The van der Waals surface area contributed by atoms with Gasteiger partial charge in [0.1, 0.15) is 0 Å². The summed E-state index contributed by atoms with van der Waals surface area (Å²) in [7, 11) is 0. The molecule has 26 heavy (non-hydrogen) atoms. The molecule has 0 spiro atoms. The fraction of sp³-hybridized carbons (Fsp3) is 0.278. The van der Waals surface area contributed by atoms with Crippen molar-refractivity contribution in [3.05, 3.63) is 59.5 Å². The number of nitrogens with zero attached hydrogens (tertiary/aromatic N) is 4. The van der Waals surface area contributed by atoms with Crippen LogP contribution in [0.25, 0.3) is 11.3 Å². The molecule has 0 aliphatic rings. The zero-order valence-electron chi connectivity index (χ0n) is 14.4. The SMILES string of the molecule is CCn1ncc(-c2cc(C(F)(F)F)nc(NCc3ccccc3)n2)c1C. The molecule has 0 aliphatic heterocycles. The highest BCUT2D eigenvalue weighted by atomic mass is 19.4. The summed E-state index contributed by atoms with van der Waals surface area (Å²) in [6.45, 7) is 4.67. The van der Waals surface area contributed by atoms with Gasteiger partial charge in [-0.2, -0.15) is 18.3 Å². The quantitative estimate of drug-likeness (QED) is 0.736. The maximum Gasteiger partial charge on any atom is 0.433 e. The Morgan fingerprint density at radius 3 is 2.46 bits per heavy atom. The van der Waals surface area contributed by atoms with Crippen molar-refractivity contribution in [3.63, 3.8) is 0 Å². The zero-order valence-corrected chi connectivity index (χ0v) is 14.4. The van der Waals surface area contributed by atoms with E-state index in [2.05, 4.69) is 20.4 Å². The minimum absolute atomic E-state index is 0.0673. The van der Waals surface area contributed by atoms with Crippen LogP contribution in [-0.2, 0) is 19.3 Å². The highest BCUT2D eigenvalue weighted by Crippen LogP contribution is 2.32. The highest BCUT2D eigenvalue weighted by Gasteiger charge is 2.34. The Balaban J connectivity index is 1.97. The van der Waals surface area contributed by atoms with Gasteiger partial charge in [-0.1, -0.05) is 30.3 Å². The summed E-state index contributed by atoms with van der Waals surface area (Å²) in [5.41, 5.74) is 1.45. The lowest BCUT2D eigenvalue weighted by Crippen LogP contribution is -2.13. The van der Waals surface area contributed by atoms with Crippen molar-refractivity contribution in [2.24, 2.45) is 0 Å². The Bertz CT molecular complexity index is 888. The third-order valence-electron chi connectivity index (χ3n) is 3.99. The van der Waals surface area contributed by atoms with Crippen LogP contribution in [0.2, 0.25) is 0 Å². The molecule has 3 aromatic rings. The summed E-state index contributed by atoms with van der Waals surface area (Å²) >= 11 is 0. The van der Waals surface area contributed by atoms with E-state index in [9.17, 15) is 13.2 Å². The summed E-state index contributed by atoms with van der Waals surface area (Å²) < 4.78 is 41.5. The largest absolute Gasteiger partial charge is 0.433 e. The molecule has 3 rings (SSSR count). The monoisotopic (exact) mass is 361 g/mol. The van der Waals surface area contributed by atoms with Gasteiger partial charge in [-0.15, -0.1) is 0 Å². The van der Waals surface area contributed by atoms with Crippen molar-refractivity contribution in [1.29, 1.82) is 0 Å². The number of hydrogen-bond donors (Lipinski definition) is 1. The zero-order chi connectivity index (χ0) is 18.7. The van der Waals surface area contributed by atoms with Gasteiger partial charge in [0, 0.05) is 24.3 Å². The van der Waals surface area contributed by atoms with E-state index in [0.29, 0.717) is 18.7 Å². The van der Waals surface area contributed by atoms with E-state index in [-0.39, 0.29) is 11.6 Å². The lowest BCUT2D eigenvalue weighted by molar-refractivity contribution is -0.141. The molecule has 8 heteroatoms. The lowest BCUT2D eigenvalue weighted by Gasteiger charge is -2.12. The maximum absolute atomic E-state index is 13.3. The Morgan fingerprint density at radius 1 is 1.12 bits per heavy atom. The van der Waals surface area contributed by atoms with Gasteiger partial charge in [-0.25, -0.2) is 9.97 Å². The first-order valence-corrected chi connectivity index (χ1v) is 8.15. The van der Waals surface area contributed by atoms with E-state index in [4.69, 9.17) is 0 Å². The normalized spacial score (nSPS) is 11.6. The van der Waals surface area contributed by atoms with Crippen LogP contribution >= 0.6 is 0 Å². The first-order valence-electron chi connectivity index (χ1n) is 8.15. The molecule has 2 aromatic heterocycles. The Morgan fingerprint density at radius 2 is 1.85 bits per heavy atom. The molecule has 136 valence electrons. The maximum atomic E-state index is 13.3. The third-order valence-corrected chi connectivity index (χ3v) is 3.99. The van der Waals surface area contributed by atoms with Gasteiger partial charge in [0.05, 0.1) is 11.9 Å². The number of anilines is 1. The number of hydrogen-bond acceptors (Lipinski definition) is 4. The summed E-state index contributed by atoms with van der Waals surface area (Å²) in [6.07, 6.45) is -3.03. The summed E-state index contributed by atoms with van der Waals surface area (Å²) in [5, 5.41) is 7.05. The van der Waals surface area contributed by atoms with Crippen LogP contribution in [-0.4, -0.2) is 19.7 Å².